The van der Waals surface area contributed by atoms with E-state index in [1.54, 1.807) is 55.4 Å². The Kier molecular flexibility index (Phi) is 9.29. The summed E-state index contributed by atoms with van der Waals surface area (Å²) in [7, 11) is 0. The quantitative estimate of drug-likeness (QED) is 0.275. The lowest BCUT2D eigenvalue weighted by Crippen LogP contribution is -2.69. The molecule has 31 heavy (non-hydrogen) atoms. The minimum Gasteiger partial charge on any atom is -0.480 e. The fraction of sp³-hybridized carbons (Fsp3) is 0.864. The third-order valence-electron chi connectivity index (χ3n) is 5.63. The van der Waals surface area contributed by atoms with Gasteiger partial charge in [-0.2, -0.15) is 0 Å². The second-order valence-corrected chi connectivity index (χ2v) is 11.6. The van der Waals surface area contributed by atoms with E-state index in [0.717, 1.165) is 0 Å². The molecular weight excluding hydrogens is 398 g/mol. The molecule has 0 aromatic carbocycles. The Morgan fingerprint density at radius 2 is 1.29 bits per heavy atom. The van der Waals surface area contributed by atoms with Gasteiger partial charge in [0.25, 0.3) is 0 Å². The molecular formula is C22H45N5O4. The first-order valence-electron chi connectivity index (χ1n) is 10.7. The monoisotopic (exact) mass is 443 g/mol. The van der Waals surface area contributed by atoms with Gasteiger partial charge in [0.1, 0.15) is 12.1 Å². The first-order chi connectivity index (χ1) is 13.5. The maximum absolute atomic E-state index is 13.1. The van der Waals surface area contributed by atoms with Gasteiger partial charge in [-0.05, 0) is 45.4 Å². The van der Waals surface area contributed by atoms with Gasteiger partial charge in [-0.1, -0.05) is 41.5 Å². The van der Waals surface area contributed by atoms with E-state index in [0.29, 0.717) is 0 Å². The Balaban J connectivity index is 5.61. The highest BCUT2D eigenvalue weighted by atomic mass is 16.4. The van der Waals surface area contributed by atoms with E-state index in [2.05, 4.69) is 10.6 Å². The van der Waals surface area contributed by atoms with Gasteiger partial charge in [-0.25, -0.2) is 0 Å². The molecule has 2 amide bonds. The number of hydrogen-bond donors (Lipinski definition) is 6. The highest BCUT2D eigenvalue weighted by Crippen LogP contribution is 2.36. The first kappa shape index (κ1) is 29.3. The standard InChI is InChI=1S/C22H45N5O4/c1-12(2)13(15(28)27-17(21(7,8)24)22(9,10)25)26-18(31)20(5,6)11-19(3,4)14(23)16(29)30/h12-14,17H,11,23-25H2,1-10H3,(H,26,31)(H,27,28)(H,29,30). The fourth-order valence-corrected chi connectivity index (χ4v) is 4.10. The Hall–Kier alpha value is -1.71. The lowest BCUT2D eigenvalue weighted by atomic mass is 9.70. The molecule has 0 aliphatic carbocycles. The summed E-state index contributed by atoms with van der Waals surface area (Å²) in [4.78, 5) is 37.5. The van der Waals surface area contributed by atoms with Crippen molar-refractivity contribution in [1.82, 2.24) is 10.6 Å². The lowest BCUT2D eigenvalue weighted by Gasteiger charge is -2.42. The van der Waals surface area contributed by atoms with Crippen LogP contribution in [0.5, 0.6) is 0 Å². The fourth-order valence-electron chi connectivity index (χ4n) is 4.10. The average Bonchev–Trinajstić information content (AvgIpc) is 2.52. The van der Waals surface area contributed by atoms with E-state index < -0.39 is 46.0 Å². The van der Waals surface area contributed by atoms with Crippen molar-refractivity contribution < 1.29 is 19.5 Å². The molecule has 9 N–H and O–H groups in total. The number of rotatable bonds is 11. The summed E-state index contributed by atoms with van der Waals surface area (Å²) >= 11 is 0. The smallest absolute Gasteiger partial charge is 0.321 e. The van der Waals surface area contributed by atoms with E-state index in [-0.39, 0.29) is 24.2 Å². The van der Waals surface area contributed by atoms with Crippen LogP contribution in [0.3, 0.4) is 0 Å². The van der Waals surface area contributed by atoms with Gasteiger partial charge in [0, 0.05) is 16.5 Å². The van der Waals surface area contributed by atoms with E-state index in [9.17, 15) is 19.5 Å². The van der Waals surface area contributed by atoms with Crippen LogP contribution in [0.4, 0.5) is 0 Å². The first-order valence-corrected chi connectivity index (χ1v) is 10.7. The number of hydrogen-bond acceptors (Lipinski definition) is 6. The number of amides is 2. The largest absolute Gasteiger partial charge is 0.480 e. The molecule has 0 spiro atoms. The number of carbonyl (C=O) groups is 3. The summed E-state index contributed by atoms with van der Waals surface area (Å²) in [5, 5.41) is 15.0. The molecule has 9 heteroatoms. The highest BCUT2D eigenvalue weighted by molar-refractivity contribution is 5.90. The average molecular weight is 444 g/mol. The summed E-state index contributed by atoms with van der Waals surface area (Å²) in [6.07, 6.45) is 0.222. The van der Waals surface area contributed by atoms with Gasteiger partial charge in [-0.3, -0.25) is 14.4 Å². The molecule has 0 fully saturated rings. The summed E-state index contributed by atoms with van der Waals surface area (Å²) in [5.41, 5.74) is 14.9. The SMILES string of the molecule is CC(C)C(NC(=O)C(C)(C)CC(C)(C)C(N)C(=O)O)C(=O)NC(C(C)(C)N)C(C)(C)N. The molecule has 0 saturated heterocycles. The zero-order valence-corrected chi connectivity index (χ0v) is 20.9. The molecule has 0 aliphatic rings. The van der Waals surface area contributed by atoms with Gasteiger partial charge < -0.3 is 32.9 Å². The third kappa shape index (κ3) is 8.38. The van der Waals surface area contributed by atoms with Crippen LogP contribution in [0.1, 0.15) is 75.7 Å². The Morgan fingerprint density at radius 3 is 1.61 bits per heavy atom. The summed E-state index contributed by atoms with van der Waals surface area (Å²) in [6, 6.07) is -2.47. The zero-order chi connectivity index (χ0) is 25.2. The summed E-state index contributed by atoms with van der Waals surface area (Å²) in [5.74, 6) is -2.05. The van der Waals surface area contributed by atoms with Gasteiger partial charge in [0.15, 0.2) is 0 Å². The van der Waals surface area contributed by atoms with Crippen molar-refractivity contribution >= 4 is 17.8 Å². The zero-order valence-electron chi connectivity index (χ0n) is 20.9. The normalized spacial score (nSPS) is 15.6. The molecule has 0 rings (SSSR count). The van der Waals surface area contributed by atoms with E-state index in [1.165, 1.54) is 0 Å². The van der Waals surface area contributed by atoms with Gasteiger partial charge in [0.05, 0.1) is 6.04 Å². The third-order valence-corrected chi connectivity index (χ3v) is 5.63. The number of carbonyl (C=O) groups excluding carboxylic acids is 2. The molecule has 182 valence electrons. The van der Waals surface area contributed by atoms with Gasteiger partial charge >= 0.3 is 5.97 Å². The molecule has 0 saturated carbocycles. The molecule has 0 heterocycles. The molecule has 0 aromatic heterocycles. The second-order valence-electron chi connectivity index (χ2n) is 11.6. The van der Waals surface area contributed by atoms with Crippen molar-refractivity contribution in [2.75, 3.05) is 0 Å². The molecule has 0 bridgehead atoms. The maximum Gasteiger partial charge on any atom is 0.321 e. The summed E-state index contributed by atoms with van der Waals surface area (Å²) in [6.45, 7) is 17.6. The number of nitrogens with two attached hydrogens (primary N) is 3. The predicted molar refractivity (Wildman–Crippen MR) is 123 cm³/mol. The van der Waals surface area contributed by atoms with Crippen molar-refractivity contribution in [3.05, 3.63) is 0 Å². The molecule has 0 radical (unpaired) electrons. The summed E-state index contributed by atoms with van der Waals surface area (Å²) < 4.78 is 0. The van der Waals surface area contributed by atoms with Crippen molar-refractivity contribution in [3.63, 3.8) is 0 Å². The number of carboxylic acid groups (broad SMARTS) is 1. The van der Waals surface area contributed by atoms with Crippen LogP contribution in [0, 0.1) is 16.7 Å². The van der Waals surface area contributed by atoms with Crippen LogP contribution in [-0.4, -0.2) is 52.1 Å². The van der Waals surface area contributed by atoms with Crippen LogP contribution >= 0.6 is 0 Å². The highest BCUT2D eigenvalue weighted by Gasteiger charge is 2.43. The van der Waals surface area contributed by atoms with Crippen molar-refractivity contribution in [1.29, 1.82) is 0 Å². The van der Waals surface area contributed by atoms with E-state index >= 15 is 0 Å². The Morgan fingerprint density at radius 1 is 0.871 bits per heavy atom. The van der Waals surface area contributed by atoms with Crippen molar-refractivity contribution in [3.8, 4) is 0 Å². The number of aliphatic carboxylic acids is 1. The second kappa shape index (κ2) is 9.83. The minimum absolute atomic E-state index is 0.198. The van der Waals surface area contributed by atoms with Crippen LogP contribution in [0.2, 0.25) is 0 Å². The van der Waals surface area contributed by atoms with Crippen molar-refractivity contribution in [2.45, 2.75) is 105 Å². The van der Waals surface area contributed by atoms with Gasteiger partial charge in [0.2, 0.25) is 11.8 Å². The molecule has 0 aliphatic heterocycles. The van der Waals surface area contributed by atoms with Gasteiger partial charge in [-0.15, -0.1) is 0 Å². The lowest BCUT2D eigenvalue weighted by molar-refractivity contribution is -0.143. The Bertz CT molecular complexity index is 646. The van der Waals surface area contributed by atoms with Crippen molar-refractivity contribution in [2.24, 2.45) is 33.9 Å². The topological polar surface area (TPSA) is 174 Å². The molecule has 2 atom stereocenters. The van der Waals surface area contributed by atoms with Crippen LogP contribution in [0.15, 0.2) is 0 Å². The van der Waals surface area contributed by atoms with E-state index in [1.807, 2.05) is 13.8 Å². The van der Waals surface area contributed by atoms with Crippen LogP contribution in [-0.2, 0) is 14.4 Å². The molecule has 2 unspecified atom stereocenters. The maximum atomic E-state index is 13.1. The van der Waals surface area contributed by atoms with Crippen LogP contribution in [0.25, 0.3) is 0 Å². The number of carboxylic acids is 1. The molecule has 0 aromatic rings. The Labute approximate surface area is 187 Å². The predicted octanol–water partition coefficient (Wildman–Crippen LogP) is 0.941. The number of nitrogens with one attached hydrogen (secondary N) is 2. The molecule has 9 nitrogen and oxygen atoms in total. The van der Waals surface area contributed by atoms with Crippen LogP contribution < -0.4 is 27.8 Å². The van der Waals surface area contributed by atoms with E-state index in [4.69, 9.17) is 17.2 Å². The minimum atomic E-state index is -1.12.